The van der Waals surface area contributed by atoms with Gasteiger partial charge in [0.1, 0.15) is 12.0 Å². The Morgan fingerprint density at radius 1 is 0.800 bits per heavy atom. The third-order valence-electron chi connectivity index (χ3n) is 5.10. The van der Waals surface area contributed by atoms with Gasteiger partial charge in [-0.1, -0.05) is 6.07 Å². The lowest BCUT2D eigenvalue weighted by molar-refractivity contribution is 0.657. The second-order valence-corrected chi connectivity index (χ2v) is 7.93. The average Bonchev–Trinajstić information content (AvgIpc) is 3.51. The van der Waals surface area contributed by atoms with Crippen LogP contribution in [0.1, 0.15) is 0 Å². The molecule has 0 aliphatic carbocycles. The van der Waals surface area contributed by atoms with Crippen molar-refractivity contribution in [3.05, 3.63) is 72.6 Å². The van der Waals surface area contributed by atoms with E-state index in [0.717, 1.165) is 66.1 Å². The summed E-state index contributed by atoms with van der Waals surface area (Å²) in [5.74, 6) is 0. The smallest absolute Gasteiger partial charge is 0.176 e. The third kappa shape index (κ3) is 2.69. The van der Waals surface area contributed by atoms with Crippen molar-refractivity contribution in [1.29, 1.82) is 0 Å². The molecule has 1 aromatic carbocycles. The number of aromatic amines is 2. The molecule has 144 valence electrons. The van der Waals surface area contributed by atoms with Crippen molar-refractivity contribution >= 4 is 33.1 Å². The lowest BCUT2D eigenvalue weighted by Gasteiger charge is -2.01. The number of halogens is 1. The Morgan fingerprint density at radius 2 is 1.70 bits per heavy atom. The maximum absolute atomic E-state index is 13.6. The maximum atomic E-state index is 13.6. The van der Waals surface area contributed by atoms with Crippen LogP contribution in [0.2, 0.25) is 0 Å². The predicted molar refractivity (Wildman–Crippen MR) is 115 cm³/mol. The van der Waals surface area contributed by atoms with Crippen molar-refractivity contribution in [2.45, 2.75) is 0 Å². The fourth-order valence-electron chi connectivity index (χ4n) is 3.68. The van der Waals surface area contributed by atoms with Crippen LogP contribution in [-0.4, -0.2) is 30.1 Å². The summed E-state index contributed by atoms with van der Waals surface area (Å²) in [6.07, 6.45) is 8.63. The predicted octanol–water partition coefficient (Wildman–Crippen LogP) is 5.43. The number of hydrogen-bond acceptors (Lipinski definition) is 5. The average molecular weight is 412 g/mol. The number of nitrogens with zero attached hydrogens (tertiary/aromatic N) is 4. The molecule has 30 heavy (non-hydrogen) atoms. The van der Waals surface area contributed by atoms with Gasteiger partial charge in [0.05, 0.1) is 22.9 Å². The number of thiophene rings is 1. The van der Waals surface area contributed by atoms with Crippen molar-refractivity contribution in [1.82, 2.24) is 30.1 Å². The van der Waals surface area contributed by atoms with E-state index >= 15 is 0 Å². The highest BCUT2D eigenvalue weighted by atomic mass is 32.1. The van der Waals surface area contributed by atoms with E-state index in [2.05, 4.69) is 36.2 Å². The molecule has 6 rings (SSSR count). The Kier molecular flexibility index (Phi) is 3.72. The van der Waals surface area contributed by atoms with Gasteiger partial charge in [-0.15, -0.1) is 11.3 Å². The first-order chi connectivity index (χ1) is 14.8. The molecular formula is C22H13FN6S. The molecule has 0 saturated carbocycles. The minimum absolute atomic E-state index is 0.214. The van der Waals surface area contributed by atoms with Crippen molar-refractivity contribution in [2.24, 2.45) is 0 Å². The summed E-state index contributed by atoms with van der Waals surface area (Å²) < 4.78 is 13.6. The largest absolute Gasteiger partial charge is 0.352 e. The third-order valence-corrected chi connectivity index (χ3v) is 6.00. The van der Waals surface area contributed by atoms with Gasteiger partial charge >= 0.3 is 0 Å². The molecule has 2 N–H and O–H groups in total. The van der Waals surface area contributed by atoms with Gasteiger partial charge in [-0.25, -0.2) is 9.97 Å². The quantitative estimate of drug-likeness (QED) is 0.406. The fourth-order valence-corrected chi connectivity index (χ4v) is 4.44. The van der Waals surface area contributed by atoms with Crippen LogP contribution in [0.15, 0.2) is 67.5 Å². The Hall–Kier alpha value is -3.91. The summed E-state index contributed by atoms with van der Waals surface area (Å²) in [6.45, 7) is 0. The number of hydrogen-bond donors (Lipinski definition) is 2. The van der Waals surface area contributed by atoms with Crippen LogP contribution in [0, 0.1) is 5.13 Å². The standard InChI is InChI=1S/C22H13FN6S/c23-21-4-3-20(30-21)16-9-24-10-19-14(16)6-18(27-19)22-15-5-12(1-2-17(15)28-29-22)13-7-25-11-26-8-13/h1-11,27H,(H,28,29). The minimum Gasteiger partial charge on any atom is -0.352 e. The topological polar surface area (TPSA) is 83.1 Å². The summed E-state index contributed by atoms with van der Waals surface area (Å²) >= 11 is 1.11. The van der Waals surface area contributed by atoms with Crippen LogP contribution in [-0.2, 0) is 0 Å². The van der Waals surface area contributed by atoms with Crippen molar-refractivity contribution in [3.63, 3.8) is 0 Å². The Labute approximate surface area is 173 Å². The molecule has 0 spiro atoms. The molecule has 0 aliphatic heterocycles. The first kappa shape index (κ1) is 17.0. The molecule has 8 heteroatoms. The van der Waals surface area contributed by atoms with Gasteiger partial charge in [-0.3, -0.25) is 10.1 Å². The van der Waals surface area contributed by atoms with Crippen molar-refractivity contribution in [3.8, 4) is 33.0 Å². The highest BCUT2D eigenvalue weighted by Gasteiger charge is 2.15. The first-order valence-electron chi connectivity index (χ1n) is 9.22. The lowest BCUT2D eigenvalue weighted by atomic mass is 10.0. The first-order valence-corrected chi connectivity index (χ1v) is 10.0. The van der Waals surface area contributed by atoms with E-state index in [1.54, 1.807) is 30.9 Å². The van der Waals surface area contributed by atoms with Crippen LogP contribution in [0.4, 0.5) is 4.39 Å². The summed E-state index contributed by atoms with van der Waals surface area (Å²) in [6, 6.07) is 11.4. The van der Waals surface area contributed by atoms with Gasteiger partial charge in [-0.2, -0.15) is 9.49 Å². The van der Waals surface area contributed by atoms with Gasteiger partial charge in [0.15, 0.2) is 5.13 Å². The minimum atomic E-state index is -0.214. The molecule has 5 aromatic heterocycles. The number of nitrogens with one attached hydrogen (secondary N) is 2. The summed E-state index contributed by atoms with van der Waals surface area (Å²) in [4.78, 5) is 16.8. The molecule has 0 aliphatic rings. The number of aromatic nitrogens is 6. The van der Waals surface area contributed by atoms with E-state index < -0.39 is 0 Å². The van der Waals surface area contributed by atoms with Gasteiger partial charge in [0, 0.05) is 45.4 Å². The Bertz CT molecular complexity index is 1520. The SMILES string of the molecule is Fc1ccc(-c2cncc3[nH]c(-c4n[nH]c5ccc(-c6cncnc6)cc45)cc23)s1. The number of benzene rings is 1. The van der Waals surface area contributed by atoms with Gasteiger partial charge in [0.2, 0.25) is 0 Å². The van der Waals surface area contributed by atoms with E-state index in [1.807, 2.05) is 18.2 Å². The van der Waals surface area contributed by atoms with Crippen LogP contribution in [0.25, 0.3) is 54.8 Å². The zero-order valence-corrected chi connectivity index (χ0v) is 16.2. The molecule has 6 aromatic rings. The Balaban J connectivity index is 1.52. The van der Waals surface area contributed by atoms with Gasteiger partial charge in [0.25, 0.3) is 0 Å². The fraction of sp³-hybridized carbons (Fsp3) is 0. The Morgan fingerprint density at radius 3 is 2.53 bits per heavy atom. The molecule has 0 radical (unpaired) electrons. The van der Waals surface area contributed by atoms with E-state index in [9.17, 15) is 4.39 Å². The zero-order chi connectivity index (χ0) is 20.1. The molecule has 5 heterocycles. The second-order valence-electron chi connectivity index (χ2n) is 6.89. The molecule has 0 amide bonds. The highest BCUT2D eigenvalue weighted by Crippen LogP contribution is 2.36. The molecule has 6 nitrogen and oxygen atoms in total. The highest BCUT2D eigenvalue weighted by molar-refractivity contribution is 7.14. The summed E-state index contributed by atoms with van der Waals surface area (Å²) in [5.41, 5.74) is 6.33. The van der Waals surface area contributed by atoms with Gasteiger partial charge < -0.3 is 4.98 Å². The van der Waals surface area contributed by atoms with Crippen LogP contribution in [0.5, 0.6) is 0 Å². The number of pyridine rings is 1. The molecule has 0 fully saturated rings. The molecule has 0 atom stereocenters. The zero-order valence-electron chi connectivity index (χ0n) is 15.4. The molecule has 0 saturated heterocycles. The van der Waals surface area contributed by atoms with E-state index in [-0.39, 0.29) is 5.13 Å². The molecule has 0 unspecified atom stereocenters. The second kappa shape index (κ2) is 6.57. The number of H-pyrrole nitrogens is 2. The maximum Gasteiger partial charge on any atom is 0.176 e. The normalized spacial score (nSPS) is 11.5. The van der Waals surface area contributed by atoms with E-state index in [1.165, 1.54) is 12.4 Å². The monoisotopic (exact) mass is 412 g/mol. The van der Waals surface area contributed by atoms with E-state index in [4.69, 9.17) is 0 Å². The van der Waals surface area contributed by atoms with Crippen molar-refractivity contribution in [2.75, 3.05) is 0 Å². The van der Waals surface area contributed by atoms with Crippen LogP contribution in [0.3, 0.4) is 0 Å². The summed E-state index contributed by atoms with van der Waals surface area (Å²) in [5, 5.41) is 9.38. The van der Waals surface area contributed by atoms with E-state index in [0.29, 0.717) is 0 Å². The summed E-state index contributed by atoms with van der Waals surface area (Å²) in [7, 11) is 0. The number of fused-ring (bicyclic) bond motifs is 2. The van der Waals surface area contributed by atoms with Crippen LogP contribution >= 0.6 is 11.3 Å². The lowest BCUT2D eigenvalue weighted by Crippen LogP contribution is -1.83. The van der Waals surface area contributed by atoms with Crippen molar-refractivity contribution < 1.29 is 4.39 Å². The molecule has 0 bridgehead atoms. The van der Waals surface area contributed by atoms with Gasteiger partial charge in [-0.05, 0) is 35.9 Å². The van der Waals surface area contributed by atoms with Crippen LogP contribution < -0.4 is 0 Å². The number of rotatable bonds is 3. The molecular weight excluding hydrogens is 399 g/mol.